The van der Waals surface area contributed by atoms with Crippen molar-refractivity contribution >= 4 is 18.0 Å². The Morgan fingerprint density at radius 2 is 1.56 bits per heavy atom. The number of hydrogen-bond acceptors (Lipinski definition) is 5. The smallest absolute Gasteiger partial charge is 0.416 e. The molecule has 1 aliphatic heterocycles. The Kier molecular flexibility index (Phi) is 7.36. The summed E-state index contributed by atoms with van der Waals surface area (Å²) in [5.41, 5.74) is -0.129. The van der Waals surface area contributed by atoms with Gasteiger partial charge in [-0.15, -0.1) is 0 Å². The van der Waals surface area contributed by atoms with Crippen molar-refractivity contribution in [2.75, 3.05) is 11.4 Å². The molecule has 178 valence electrons. The Morgan fingerprint density at radius 3 is 2.12 bits per heavy atom. The van der Waals surface area contributed by atoms with Crippen LogP contribution < -0.4 is 4.90 Å². The van der Waals surface area contributed by atoms with E-state index >= 15 is 0 Å². The molecule has 0 radical (unpaired) electrons. The second-order valence-corrected chi connectivity index (χ2v) is 10.9. The number of nitrogens with zero attached hydrogens (tertiary/aromatic N) is 3. The maximum atomic E-state index is 13.0. The van der Waals surface area contributed by atoms with Crippen molar-refractivity contribution in [3.8, 4) is 0 Å². The molecule has 1 atom stereocenters. The van der Waals surface area contributed by atoms with E-state index in [4.69, 9.17) is 9.47 Å². The van der Waals surface area contributed by atoms with Crippen molar-refractivity contribution in [2.45, 2.75) is 110 Å². The van der Waals surface area contributed by atoms with Gasteiger partial charge in [0.05, 0.1) is 6.04 Å². The van der Waals surface area contributed by atoms with E-state index < -0.39 is 11.2 Å². The molecule has 1 saturated carbocycles. The molecule has 0 aromatic carbocycles. The Bertz CT molecular complexity index is 789. The van der Waals surface area contributed by atoms with Crippen LogP contribution in [-0.2, 0) is 9.47 Å². The molecule has 0 N–H and O–H groups in total. The molecule has 32 heavy (non-hydrogen) atoms. The Labute approximate surface area is 192 Å². The second-order valence-electron chi connectivity index (χ2n) is 10.9. The van der Waals surface area contributed by atoms with Crippen LogP contribution in [0.3, 0.4) is 0 Å². The predicted octanol–water partition coefficient (Wildman–Crippen LogP) is 6.23. The van der Waals surface area contributed by atoms with Gasteiger partial charge in [0.25, 0.3) is 0 Å². The SMILES string of the molecule is CC(C)(C)OC(=O)N(c1ccc([C@@H]2CCCCN2C(=O)OC(C)(C)C)cn1)C1CCCC1. The number of anilines is 1. The quantitative estimate of drug-likeness (QED) is 0.552. The maximum absolute atomic E-state index is 13.0. The molecular formula is C25H39N3O4. The van der Waals surface area contributed by atoms with Gasteiger partial charge < -0.3 is 14.4 Å². The van der Waals surface area contributed by atoms with E-state index in [0.717, 1.165) is 50.5 Å². The molecule has 7 heteroatoms. The van der Waals surface area contributed by atoms with Gasteiger partial charge in [-0.1, -0.05) is 18.9 Å². The summed E-state index contributed by atoms with van der Waals surface area (Å²) in [5, 5.41) is 0. The predicted molar refractivity (Wildman–Crippen MR) is 125 cm³/mol. The third kappa shape index (κ3) is 6.36. The Hall–Kier alpha value is -2.31. The van der Waals surface area contributed by atoms with Crippen molar-refractivity contribution in [1.29, 1.82) is 0 Å². The number of ether oxygens (including phenoxy) is 2. The molecule has 0 bridgehead atoms. The van der Waals surface area contributed by atoms with Crippen molar-refractivity contribution in [3.63, 3.8) is 0 Å². The number of likely N-dealkylation sites (tertiary alicyclic amines) is 1. The number of hydrogen-bond donors (Lipinski definition) is 0. The second kappa shape index (κ2) is 9.67. The minimum absolute atomic E-state index is 0.0680. The highest BCUT2D eigenvalue weighted by atomic mass is 16.6. The molecule has 1 saturated heterocycles. The van der Waals surface area contributed by atoms with Crippen molar-refractivity contribution in [2.24, 2.45) is 0 Å². The zero-order valence-electron chi connectivity index (χ0n) is 20.5. The van der Waals surface area contributed by atoms with E-state index in [1.165, 1.54) is 0 Å². The topological polar surface area (TPSA) is 72.0 Å². The summed E-state index contributed by atoms with van der Waals surface area (Å²) < 4.78 is 11.3. The molecule has 0 spiro atoms. The molecule has 1 aromatic heterocycles. The molecular weight excluding hydrogens is 406 g/mol. The van der Waals surface area contributed by atoms with Crippen LogP contribution in [0.5, 0.6) is 0 Å². The summed E-state index contributed by atoms with van der Waals surface area (Å²) in [5.74, 6) is 0.606. The van der Waals surface area contributed by atoms with Crippen molar-refractivity contribution < 1.29 is 19.1 Å². The normalized spacial score (nSPS) is 20.2. The maximum Gasteiger partial charge on any atom is 0.416 e. The number of amides is 2. The van der Waals surface area contributed by atoms with Gasteiger partial charge in [-0.2, -0.15) is 0 Å². The summed E-state index contributed by atoms with van der Waals surface area (Å²) >= 11 is 0. The van der Waals surface area contributed by atoms with Crippen LogP contribution in [0, 0.1) is 0 Å². The first-order chi connectivity index (χ1) is 14.9. The Balaban J connectivity index is 1.81. The van der Waals surface area contributed by atoms with E-state index in [2.05, 4.69) is 4.98 Å². The van der Waals surface area contributed by atoms with E-state index in [9.17, 15) is 9.59 Å². The van der Waals surface area contributed by atoms with Gasteiger partial charge >= 0.3 is 12.2 Å². The largest absolute Gasteiger partial charge is 0.444 e. The molecule has 1 aliphatic carbocycles. The van der Waals surface area contributed by atoms with Gasteiger partial charge in [0.2, 0.25) is 0 Å². The molecule has 0 unspecified atom stereocenters. The zero-order chi connectivity index (χ0) is 23.5. The lowest BCUT2D eigenvalue weighted by atomic mass is 9.97. The average molecular weight is 446 g/mol. The highest BCUT2D eigenvalue weighted by Crippen LogP contribution is 2.34. The summed E-state index contributed by atoms with van der Waals surface area (Å²) in [6.45, 7) is 12.0. The molecule has 7 nitrogen and oxygen atoms in total. The summed E-state index contributed by atoms with van der Waals surface area (Å²) in [6.07, 6.45) is 8.19. The van der Waals surface area contributed by atoms with Crippen LogP contribution in [0.4, 0.5) is 15.4 Å². The highest BCUT2D eigenvalue weighted by molar-refractivity contribution is 5.87. The number of piperidine rings is 1. The third-order valence-electron chi connectivity index (χ3n) is 5.81. The summed E-state index contributed by atoms with van der Waals surface area (Å²) in [4.78, 5) is 34.0. The molecule has 1 aromatic rings. The lowest BCUT2D eigenvalue weighted by Crippen LogP contribution is -2.43. The number of carbonyl (C=O) groups excluding carboxylic acids is 2. The molecule has 2 amide bonds. The van der Waals surface area contributed by atoms with Crippen molar-refractivity contribution in [1.82, 2.24) is 9.88 Å². The Morgan fingerprint density at radius 1 is 0.938 bits per heavy atom. The van der Waals surface area contributed by atoms with Crippen molar-refractivity contribution in [3.05, 3.63) is 23.9 Å². The van der Waals surface area contributed by atoms with E-state index in [0.29, 0.717) is 12.4 Å². The fourth-order valence-electron chi connectivity index (χ4n) is 4.46. The molecule has 3 rings (SSSR count). The average Bonchev–Trinajstić information content (AvgIpc) is 3.20. The van der Waals surface area contributed by atoms with Gasteiger partial charge in [-0.05, 0) is 85.3 Å². The fraction of sp³-hybridized carbons (Fsp3) is 0.720. The zero-order valence-corrected chi connectivity index (χ0v) is 20.5. The van der Waals surface area contributed by atoms with Crippen LogP contribution in [0.15, 0.2) is 18.3 Å². The summed E-state index contributed by atoms with van der Waals surface area (Å²) in [7, 11) is 0. The minimum Gasteiger partial charge on any atom is -0.444 e. The van der Waals surface area contributed by atoms with Crippen LogP contribution in [0.25, 0.3) is 0 Å². The number of carbonyl (C=O) groups is 2. The van der Waals surface area contributed by atoms with Gasteiger partial charge in [-0.3, -0.25) is 4.90 Å². The number of pyridine rings is 1. The molecule has 2 aliphatic rings. The van der Waals surface area contributed by atoms with Crippen LogP contribution in [0.1, 0.15) is 98.1 Å². The number of rotatable bonds is 3. The van der Waals surface area contributed by atoms with E-state index in [-0.39, 0.29) is 24.3 Å². The number of aromatic nitrogens is 1. The standard InChI is InChI=1S/C25H39N3O4/c1-24(2,3)31-22(29)27-16-10-9-13-20(27)18-14-15-21(26-17-18)28(19-11-7-8-12-19)23(30)32-25(4,5)6/h14-15,17,19-20H,7-13,16H2,1-6H3/t20-/m0/s1. The lowest BCUT2D eigenvalue weighted by molar-refractivity contribution is 0.00947. The van der Waals surface area contributed by atoms with Crippen LogP contribution in [0.2, 0.25) is 0 Å². The molecule has 2 heterocycles. The van der Waals surface area contributed by atoms with Gasteiger partial charge in [0, 0.05) is 18.8 Å². The summed E-state index contributed by atoms with van der Waals surface area (Å²) in [6, 6.07) is 3.92. The molecule has 2 fully saturated rings. The minimum atomic E-state index is -0.566. The highest BCUT2D eigenvalue weighted by Gasteiger charge is 2.34. The first-order valence-corrected chi connectivity index (χ1v) is 11.9. The van der Waals surface area contributed by atoms with Crippen LogP contribution in [-0.4, -0.2) is 45.9 Å². The first kappa shape index (κ1) is 24.3. The monoisotopic (exact) mass is 445 g/mol. The third-order valence-corrected chi connectivity index (χ3v) is 5.81. The van der Waals surface area contributed by atoms with Gasteiger partial charge in [-0.25, -0.2) is 14.6 Å². The van der Waals surface area contributed by atoms with E-state index in [1.54, 1.807) is 11.1 Å². The first-order valence-electron chi connectivity index (χ1n) is 11.9. The van der Waals surface area contributed by atoms with Gasteiger partial charge in [0.1, 0.15) is 17.0 Å². The van der Waals surface area contributed by atoms with E-state index in [1.807, 2.05) is 58.6 Å². The van der Waals surface area contributed by atoms with Gasteiger partial charge in [0.15, 0.2) is 0 Å². The lowest BCUT2D eigenvalue weighted by Gasteiger charge is -2.37. The fourth-order valence-corrected chi connectivity index (χ4v) is 4.46. The van der Waals surface area contributed by atoms with Crippen LogP contribution >= 0.6 is 0 Å².